The number of aliphatic hydroxyl groups is 1. The largest absolute Gasteiger partial charge is 0.392 e. The lowest BCUT2D eigenvalue weighted by Crippen LogP contribution is -2.47. The molecule has 2 amide bonds. The first-order valence-corrected chi connectivity index (χ1v) is 5.38. The molecule has 1 aromatic rings. The van der Waals surface area contributed by atoms with E-state index in [0.717, 1.165) is 11.3 Å². The summed E-state index contributed by atoms with van der Waals surface area (Å²) in [7, 11) is 1.77. The van der Waals surface area contributed by atoms with Crippen LogP contribution in [0.3, 0.4) is 0 Å². The molecule has 16 heavy (non-hydrogen) atoms. The van der Waals surface area contributed by atoms with Crippen molar-refractivity contribution >= 4 is 11.7 Å². The highest BCUT2D eigenvalue weighted by molar-refractivity contribution is 5.94. The minimum absolute atomic E-state index is 0.0559. The second-order valence-electron chi connectivity index (χ2n) is 4.23. The van der Waals surface area contributed by atoms with Crippen molar-refractivity contribution < 1.29 is 9.90 Å². The zero-order valence-corrected chi connectivity index (χ0v) is 9.55. The maximum atomic E-state index is 12.0. The Bertz CT molecular complexity index is 404. The van der Waals surface area contributed by atoms with E-state index in [-0.39, 0.29) is 6.03 Å². The van der Waals surface area contributed by atoms with Gasteiger partial charge in [0.05, 0.1) is 18.3 Å². The molecule has 0 saturated heterocycles. The smallest absolute Gasteiger partial charge is 0.324 e. The Morgan fingerprint density at radius 3 is 2.81 bits per heavy atom. The zero-order chi connectivity index (χ0) is 11.7. The molecule has 1 heterocycles. The van der Waals surface area contributed by atoms with E-state index < -0.39 is 6.10 Å². The van der Waals surface area contributed by atoms with Crippen LogP contribution in [-0.4, -0.2) is 35.7 Å². The number of carbonyl (C=O) groups is 1. The van der Waals surface area contributed by atoms with Crippen molar-refractivity contribution in [3.63, 3.8) is 0 Å². The molecule has 1 N–H and O–H groups in total. The summed E-state index contributed by atoms with van der Waals surface area (Å²) in [4.78, 5) is 15.3. The van der Waals surface area contributed by atoms with Crippen LogP contribution < -0.4 is 4.90 Å². The van der Waals surface area contributed by atoms with Crippen molar-refractivity contribution in [1.82, 2.24) is 4.90 Å². The molecule has 0 radical (unpaired) electrons. The van der Waals surface area contributed by atoms with E-state index in [0.29, 0.717) is 13.1 Å². The number of anilines is 1. The standard InChI is InChI=1S/C12H16N2O2/c1-9(15)7-14-11-6-4-3-5-10(11)8-13(2)12(14)16/h3-6,9,15H,7-8H2,1-2H3/t9-/m1/s1. The summed E-state index contributed by atoms with van der Waals surface area (Å²) in [5.41, 5.74) is 2.02. The molecule has 0 bridgehead atoms. The molecule has 0 fully saturated rings. The summed E-state index contributed by atoms with van der Waals surface area (Å²) < 4.78 is 0. The number of benzene rings is 1. The highest BCUT2D eigenvalue weighted by Crippen LogP contribution is 2.27. The van der Waals surface area contributed by atoms with Crippen molar-refractivity contribution in [2.75, 3.05) is 18.5 Å². The summed E-state index contributed by atoms with van der Waals surface area (Å²) in [6.45, 7) is 2.65. The average Bonchev–Trinajstić information content (AvgIpc) is 2.24. The SMILES string of the molecule is C[C@@H](O)CN1C(=O)N(C)Cc2ccccc21. The first-order chi connectivity index (χ1) is 7.59. The number of nitrogens with zero attached hydrogens (tertiary/aromatic N) is 2. The third kappa shape index (κ3) is 1.88. The van der Waals surface area contributed by atoms with Crippen LogP contribution in [0, 0.1) is 0 Å². The number of hydrogen-bond donors (Lipinski definition) is 1. The maximum Gasteiger partial charge on any atom is 0.324 e. The molecule has 1 aliphatic rings. The van der Waals surface area contributed by atoms with Crippen LogP contribution in [0.4, 0.5) is 10.5 Å². The third-order valence-electron chi connectivity index (χ3n) is 2.69. The lowest BCUT2D eigenvalue weighted by molar-refractivity contribution is 0.184. The summed E-state index contributed by atoms with van der Waals surface area (Å²) in [6.07, 6.45) is -0.525. The summed E-state index contributed by atoms with van der Waals surface area (Å²) in [5, 5.41) is 9.42. The molecular formula is C12H16N2O2. The average molecular weight is 220 g/mol. The van der Waals surface area contributed by atoms with E-state index in [4.69, 9.17) is 0 Å². The van der Waals surface area contributed by atoms with Gasteiger partial charge in [-0.15, -0.1) is 0 Å². The van der Waals surface area contributed by atoms with Gasteiger partial charge < -0.3 is 10.0 Å². The first-order valence-electron chi connectivity index (χ1n) is 5.38. The highest BCUT2D eigenvalue weighted by Gasteiger charge is 2.28. The van der Waals surface area contributed by atoms with Crippen molar-refractivity contribution in [2.24, 2.45) is 0 Å². The summed E-state index contributed by atoms with van der Waals surface area (Å²) >= 11 is 0. The van der Waals surface area contributed by atoms with Gasteiger partial charge in [-0.2, -0.15) is 0 Å². The molecule has 4 heteroatoms. The lowest BCUT2D eigenvalue weighted by atomic mass is 10.1. The normalized spacial score (nSPS) is 17.3. The Morgan fingerprint density at radius 1 is 1.44 bits per heavy atom. The van der Waals surface area contributed by atoms with Crippen LogP contribution in [0.25, 0.3) is 0 Å². The number of β-amino-alcohol motifs (C(OH)–C–C–N with tert-alkyl or cyclic N) is 1. The quantitative estimate of drug-likeness (QED) is 0.819. The number of para-hydroxylation sites is 1. The fourth-order valence-electron chi connectivity index (χ4n) is 1.98. The van der Waals surface area contributed by atoms with Gasteiger partial charge in [0.25, 0.3) is 0 Å². The number of aliphatic hydroxyl groups excluding tert-OH is 1. The molecule has 2 rings (SSSR count). The first kappa shape index (κ1) is 11.0. The molecule has 0 aliphatic carbocycles. The van der Waals surface area contributed by atoms with Gasteiger partial charge in [0.2, 0.25) is 0 Å². The van der Waals surface area contributed by atoms with Gasteiger partial charge in [0.1, 0.15) is 0 Å². The molecule has 0 spiro atoms. The third-order valence-corrected chi connectivity index (χ3v) is 2.69. The highest BCUT2D eigenvalue weighted by atomic mass is 16.3. The lowest BCUT2D eigenvalue weighted by Gasteiger charge is -2.35. The fraction of sp³-hybridized carbons (Fsp3) is 0.417. The molecule has 0 unspecified atom stereocenters. The van der Waals surface area contributed by atoms with Gasteiger partial charge in [-0.3, -0.25) is 4.90 Å². The van der Waals surface area contributed by atoms with Crippen LogP contribution in [0.15, 0.2) is 24.3 Å². The topological polar surface area (TPSA) is 43.8 Å². The van der Waals surface area contributed by atoms with E-state index in [1.54, 1.807) is 23.8 Å². The Labute approximate surface area is 95.1 Å². The van der Waals surface area contributed by atoms with Gasteiger partial charge in [0, 0.05) is 13.6 Å². The number of rotatable bonds is 2. The van der Waals surface area contributed by atoms with Crippen molar-refractivity contribution in [3.8, 4) is 0 Å². The van der Waals surface area contributed by atoms with Crippen LogP contribution in [0.5, 0.6) is 0 Å². The molecule has 1 aromatic carbocycles. The Balaban J connectivity index is 2.38. The molecule has 1 aliphatic heterocycles. The monoisotopic (exact) mass is 220 g/mol. The van der Waals surface area contributed by atoms with E-state index in [2.05, 4.69) is 0 Å². The Morgan fingerprint density at radius 2 is 2.12 bits per heavy atom. The minimum atomic E-state index is -0.525. The Kier molecular flexibility index (Phi) is 2.83. The number of urea groups is 1. The number of carbonyl (C=O) groups excluding carboxylic acids is 1. The molecule has 86 valence electrons. The molecule has 4 nitrogen and oxygen atoms in total. The van der Waals surface area contributed by atoms with Crippen LogP contribution in [0.1, 0.15) is 12.5 Å². The maximum absolute atomic E-state index is 12.0. The van der Waals surface area contributed by atoms with E-state index >= 15 is 0 Å². The van der Waals surface area contributed by atoms with Crippen LogP contribution >= 0.6 is 0 Å². The van der Waals surface area contributed by atoms with E-state index in [1.165, 1.54) is 0 Å². The summed E-state index contributed by atoms with van der Waals surface area (Å²) in [5.74, 6) is 0. The fourth-order valence-corrected chi connectivity index (χ4v) is 1.98. The number of amides is 2. The van der Waals surface area contributed by atoms with Gasteiger partial charge >= 0.3 is 6.03 Å². The van der Waals surface area contributed by atoms with Gasteiger partial charge in [-0.1, -0.05) is 18.2 Å². The zero-order valence-electron chi connectivity index (χ0n) is 9.55. The molecule has 0 saturated carbocycles. The van der Waals surface area contributed by atoms with E-state index in [9.17, 15) is 9.90 Å². The number of hydrogen-bond acceptors (Lipinski definition) is 2. The van der Waals surface area contributed by atoms with Gasteiger partial charge in [-0.05, 0) is 18.6 Å². The van der Waals surface area contributed by atoms with Gasteiger partial charge in [-0.25, -0.2) is 4.79 Å². The van der Waals surface area contributed by atoms with Crippen molar-refractivity contribution in [1.29, 1.82) is 0 Å². The molecule has 1 atom stereocenters. The van der Waals surface area contributed by atoms with E-state index in [1.807, 2.05) is 24.3 Å². The minimum Gasteiger partial charge on any atom is -0.392 e. The summed E-state index contributed by atoms with van der Waals surface area (Å²) in [6, 6.07) is 7.74. The van der Waals surface area contributed by atoms with Crippen LogP contribution in [-0.2, 0) is 6.54 Å². The predicted octanol–water partition coefficient (Wildman–Crippen LogP) is 1.44. The van der Waals surface area contributed by atoms with Crippen molar-refractivity contribution in [3.05, 3.63) is 29.8 Å². The number of fused-ring (bicyclic) bond motifs is 1. The molecule has 0 aromatic heterocycles. The Hall–Kier alpha value is -1.55. The van der Waals surface area contributed by atoms with Crippen LogP contribution in [0.2, 0.25) is 0 Å². The van der Waals surface area contributed by atoms with Gasteiger partial charge in [0.15, 0.2) is 0 Å². The second-order valence-corrected chi connectivity index (χ2v) is 4.23. The van der Waals surface area contributed by atoms with Crippen molar-refractivity contribution in [2.45, 2.75) is 19.6 Å². The predicted molar refractivity (Wildman–Crippen MR) is 62.3 cm³/mol. The second kappa shape index (κ2) is 4.14. The molecular weight excluding hydrogens is 204 g/mol.